The van der Waals surface area contributed by atoms with Gasteiger partial charge in [0.25, 0.3) is 0 Å². The van der Waals surface area contributed by atoms with Crippen LogP contribution in [-0.4, -0.2) is 17.3 Å². The minimum absolute atomic E-state index is 0.448. The number of rotatable bonds is 3. The smallest absolute Gasteiger partial charge is 0.0754 e. The SMILES string of the molecule is CCC(C)(O)CNN. The predicted molar refractivity (Wildman–Crippen MR) is 33.1 cm³/mol. The van der Waals surface area contributed by atoms with Gasteiger partial charge in [0.05, 0.1) is 5.60 Å². The number of hydrazine groups is 1. The number of nitrogens with one attached hydrogen (secondary N) is 1. The molecule has 0 saturated carbocycles. The summed E-state index contributed by atoms with van der Waals surface area (Å²) in [6.07, 6.45) is 0.719. The van der Waals surface area contributed by atoms with E-state index < -0.39 is 5.60 Å². The van der Waals surface area contributed by atoms with Gasteiger partial charge in [0.15, 0.2) is 0 Å². The van der Waals surface area contributed by atoms with Gasteiger partial charge in [0, 0.05) is 6.54 Å². The lowest BCUT2D eigenvalue weighted by Gasteiger charge is -2.19. The van der Waals surface area contributed by atoms with Crippen LogP contribution in [0.25, 0.3) is 0 Å². The van der Waals surface area contributed by atoms with E-state index in [1.54, 1.807) is 6.92 Å². The van der Waals surface area contributed by atoms with Crippen molar-refractivity contribution in [3.05, 3.63) is 0 Å². The van der Waals surface area contributed by atoms with Crippen molar-refractivity contribution in [2.75, 3.05) is 6.54 Å². The van der Waals surface area contributed by atoms with E-state index in [1.165, 1.54) is 0 Å². The molecule has 0 aliphatic heterocycles. The molecule has 0 aliphatic carbocycles. The van der Waals surface area contributed by atoms with Crippen molar-refractivity contribution >= 4 is 0 Å². The molecule has 0 saturated heterocycles. The fourth-order valence-electron chi connectivity index (χ4n) is 0.345. The van der Waals surface area contributed by atoms with Gasteiger partial charge in [-0.25, -0.2) is 0 Å². The van der Waals surface area contributed by atoms with Crippen molar-refractivity contribution < 1.29 is 5.11 Å². The molecule has 0 fully saturated rings. The molecule has 3 heteroatoms. The van der Waals surface area contributed by atoms with E-state index in [0.717, 1.165) is 6.42 Å². The Balaban J connectivity index is 3.37. The van der Waals surface area contributed by atoms with Crippen molar-refractivity contribution in [2.45, 2.75) is 25.9 Å². The normalized spacial score (nSPS) is 18.0. The highest BCUT2D eigenvalue weighted by atomic mass is 16.3. The second kappa shape index (κ2) is 3.02. The minimum Gasteiger partial charge on any atom is -0.389 e. The number of hydrogen-bond donors (Lipinski definition) is 3. The van der Waals surface area contributed by atoms with Gasteiger partial charge >= 0.3 is 0 Å². The van der Waals surface area contributed by atoms with Gasteiger partial charge in [0.1, 0.15) is 0 Å². The predicted octanol–water partition coefficient (Wildman–Crippen LogP) is -0.389. The number of aliphatic hydroxyl groups is 1. The number of nitrogens with two attached hydrogens (primary N) is 1. The Morgan fingerprint density at radius 2 is 2.25 bits per heavy atom. The Kier molecular flexibility index (Phi) is 2.97. The lowest BCUT2D eigenvalue weighted by molar-refractivity contribution is 0.0561. The lowest BCUT2D eigenvalue weighted by Crippen LogP contribution is -2.40. The molecule has 0 radical (unpaired) electrons. The molecule has 0 rings (SSSR count). The lowest BCUT2D eigenvalue weighted by atomic mass is 10.1. The monoisotopic (exact) mass is 118 g/mol. The first-order chi connectivity index (χ1) is 3.62. The van der Waals surface area contributed by atoms with Gasteiger partial charge in [0.2, 0.25) is 0 Å². The Hall–Kier alpha value is -0.120. The summed E-state index contributed by atoms with van der Waals surface area (Å²) in [5.74, 6) is 4.98. The van der Waals surface area contributed by atoms with Gasteiger partial charge in [-0.3, -0.25) is 11.3 Å². The molecule has 8 heavy (non-hydrogen) atoms. The summed E-state index contributed by atoms with van der Waals surface area (Å²) in [6, 6.07) is 0. The largest absolute Gasteiger partial charge is 0.389 e. The molecule has 50 valence electrons. The molecule has 0 aromatic carbocycles. The van der Waals surface area contributed by atoms with Gasteiger partial charge < -0.3 is 5.11 Å². The van der Waals surface area contributed by atoms with Crippen molar-refractivity contribution in [1.29, 1.82) is 0 Å². The summed E-state index contributed by atoms with van der Waals surface area (Å²) in [5, 5.41) is 9.18. The highest BCUT2D eigenvalue weighted by molar-refractivity contribution is 4.70. The zero-order valence-corrected chi connectivity index (χ0v) is 5.44. The fraction of sp³-hybridized carbons (Fsp3) is 1.00. The van der Waals surface area contributed by atoms with Gasteiger partial charge in [-0.15, -0.1) is 0 Å². The molecular formula is C5H14N2O. The molecule has 1 unspecified atom stereocenters. The van der Waals surface area contributed by atoms with Gasteiger partial charge in [-0.1, -0.05) is 6.92 Å². The first-order valence-corrected chi connectivity index (χ1v) is 2.78. The van der Waals surface area contributed by atoms with Crippen LogP contribution in [0, 0.1) is 0 Å². The van der Waals surface area contributed by atoms with Crippen LogP contribution >= 0.6 is 0 Å². The highest BCUT2D eigenvalue weighted by Crippen LogP contribution is 2.04. The molecule has 0 aromatic heterocycles. The summed E-state index contributed by atoms with van der Waals surface area (Å²) in [6.45, 7) is 4.10. The average molecular weight is 118 g/mol. The highest BCUT2D eigenvalue weighted by Gasteiger charge is 2.14. The Morgan fingerprint density at radius 3 is 2.38 bits per heavy atom. The molecular weight excluding hydrogens is 104 g/mol. The minimum atomic E-state index is -0.644. The van der Waals surface area contributed by atoms with E-state index in [2.05, 4.69) is 5.43 Å². The van der Waals surface area contributed by atoms with Crippen LogP contribution in [0.3, 0.4) is 0 Å². The van der Waals surface area contributed by atoms with Crippen LogP contribution in [0.15, 0.2) is 0 Å². The van der Waals surface area contributed by atoms with Crippen LogP contribution in [0.2, 0.25) is 0 Å². The topological polar surface area (TPSA) is 58.3 Å². The second-order valence-electron chi connectivity index (χ2n) is 2.23. The van der Waals surface area contributed by atoms with Crippen molar-refractivity contribution in [3.63, 3.8) is 0 Å². The van der Waals surface area contributed by atoms with Crippen LogP contribution in [0.5, 0.6) is 0 Å². The Bertz CT molecular complexity index is 63.4. The average Bonchev–Trinajstić information content (AvgIpc) is 1.67. The van der Waals surface area contributed by atoms with Crippen LogP contribution in [0.1, 0.15) is 20.3 Å². The van der Waals surface area contributed by atoms with E-state index in [9.17, 15) is 5.11 Å². The standard InChI is InChI=1S/C5H14N2O/c1-3-5(2,8)4-7-6/h7-8H,3-4,6H2,1-2H3. The maximum absolute atomic E-state index is 9.18. The first kappa shape index (κ1) is 7.88. The molecule has 0 spiro atoms. The third-order valence-electron chi connectivity index (χ3n) is 1.24. The van der Waals surface area contributed by atoms with Crippen molar-refractivity contribution in [1.82, 2.24) is 5.43 Å². The molecule has 0 heterocycles. The molecule has 3 nitrogen and oxygen atoms in total. The van der Waals surface area contributed by atoms with E-state index in [4.69, 9.17) is 5.84 Å². The van der Waals surface area contributed by atoms with Gasteiger partial charge in [-0.05, 0) is 13.3 Å². The van der Waals surface area contributed by atoms with Crippen LogP contribution in [0.4, 0.5) is 0 Å². The maximum atomic E-state index is 9.18. The molecule has 0 amide bonds. The summed E-state index contributed by atoms with van der Waals surface area (Å²) < 4.78 is 0. The third-order valence-corrected chi connectivity index (χ3v) is 1.24. The Labute approximate surface area is 49.9 Å². The molecule has 0 aromatic rings. The van der Waals surface area contributed by atoms with Crippen molar-refractivity contribution in [2.24, 2.45) is 5.84 Å². The molecule has 1 atom stereocenters. The van der Waals surface area contributed by atoms with Crippen molar-refractivity contribution in [3.8, 4) is 0 Å². The summed E-state index contributed by atoms with van der Waals surface area (Å²) in [5.41, 5.74) is 1.76. The van der Waals surface area contributed by atoms with Gasteiger partial charge in [-0.2, -0.15) is 0 Å². The zero-order chi connectivity index (χ0) is 6.62. The second-order valence-corrected chi connectivity index (χ2v) is 2.23. The molecule has 0 aliphatic rings. The summed E-state index contributed by atoms with van der Waals surface area (Å²) in [4.78, 5) is 0. The third kappa shape index (κ3) is 2.96. The summed E-state index contributed by atoms with van der Waals surface area (Å²) in [7, 11) is 0. The first-order valence-electron chi connectivity index (χ1n) is 2.78. The quantitative estimate of drug-likeness (QED) is 0.349. The summed E-state index contributed by atoms with van der Waals surface area (Å²) >= 11 is 0. The van der Waals surface area contributed by atoms with E-state index >= 15 is 0 Å². The fourth-order valence-corrected chi connectivity index (χ4v) is 0.345. The van der Waals surface area contributed by atoms with E-state index in [-0.39, 0.29) is 0 Å². The number of hydrogen-bond acceptors (Lipinski definition) is 3. The van der Waals surface area contributed by atoms with E-state index in [0.29, 0.717) is 6.54 Å². The molecule has 4 N–H and O–H groups in total. The zero-order valence-electron chi connectivity index (χ0n) is 5.44. The van der Waals surface area contributed by atoms with E-state index in [1.807, 2.05) is 6.92 Å². The van der Waals surface area contributed by atoms with Crippen LogP contribution < -0.4 is 11.3 Å². The Morgan fingerprint density at radius 1 is 1.75 bits per heavy atom. The maximum Gasteiger partial charge on any atom is 0.0754 e. The molecule has 0 bridgehead atoms. The van der Waals surface area contributed by atoms with Crippen LogP contribution in [-0.2, 0) is 0 Å².